The number of aromatic nitrogens is 2. The second kappa shape index (κ2) is 5.82. The molecule has 1 aromatic heterocycles. The molecule has 17 heavy (non-hydrogen) atoms. The van der Waals surface area contributed by atoms with E-state index in [0.29, 0.717) is 10.8 Å². The lowest BCUT2D eigenvalue weighted by molar-refractivity contribution is 0.204. The summed E-state index contributed by atoms with van der Waals surface area (Å²) in [6.07, 6.45) is -0.513. The molecule has 0 aliphatic carbocycles. The van der Waals surface area contributed by atoms with Gasteiger partial charge in [0, 0.05) is 10.8 Å². The van der Waals surface area contributed by atoms with Crippen LogP contribution in [-0.4, -0.2) is 21.1 Å². The van der Waals surface area contributed by atoms with Crippen LogP contribution in [0.15, 0.2) is 28.6 Å². The van der Waals surface area contributed by atoms with Crippen molar-refractivity contribution in [2.45, 2.75) is 17.4 Å². The van der Waals surface area contributed by atoms with E-state index in [9.17, 15) is 5.11 Å². The maximum absolute atomic E-state index is 9.97. The molecule has 1 heterocycles. The fourth-order valence-corrected chi connectivity index (χ4v) is 3.20. The van der Waals surface area contributed by atoms with Crippen molar-refractivity contribution < 1.29 is 5.11 Å². The largest absolute Gasteiger partial charge is 0.388 e. The number of rotatable bonds is 4. The Morgan fingerprint density at radius 1 is 1.35 bits per heavy atom. The van der Waals surface area contributed by atoms with Gasteiger partial charge in [0.2, 0.25) is 0 Å². The number of hydrogen-bond donors (Lipinski definition) is 1. The highest BCUT2D eigenvalue weighted by Crippen LogP contribution is 2.27. The molecular formula is C11H11ClN2OS2. The Morgan fingerprint density at radius 2 is 2.06 bits per heavy atom. The average molecular weight is 287 g/mol. The van der Waals surface area contributed by atoms with Gasteiger partial charge < -0.3 is 5.11 Å². The van der Waals surface area contributed by atoms with E-state index in [4.69, 9.17) is 11.6 Å². The average Bonchev–Trinajstić information content (AvgIpc) is 2.73. The van der Waals surface area contributed by atoms with Gasteiger partial charge in [-0.3, -0.25) is 0 Å². The van der Waals surface area contributed by atoms with Crippen LogP contribution in [0.3, 0.4) is 0 Å². The first kappa shape index (κ1) is 12.8. The summed E-state index contributed by atoms with van der Waals surface area (Å²) in [5.74, 6) is 0.566. The maximum atomic E-state index is 9.97. The van der Waals surface area contributed by atoms with Gasteiger partial charge >= 0.3 is 0 Å². The van der Waals surface area contributed by atoms with Crippen LogP contribution in [0.25, 0.3) is 0 Å². The molecule has 1 aromatic carbocycles. The van der Waals surface area contributed by atoms with E-state index in [1.165, 1.54) is 23.1 Å². The van der Waals surface area contributed by atoms with Crippen molar-refractivity contribution in [3.8, 4) is 0 Å². The zero-order chi connectivity index (χ0) is 12.3. The third-order valence-corrected chi connectivity index (χ3v) is 4.43. The summed E-state index contributed by atoms with van der Waals surface area (Å²) < 4.78 is 0.885. The molecule has 2 rings (SSSR count). The van der Waals surface area contributed by atoms with Gasteiger partial charge in [0.25, 0.3) is 0 Å². The summed E-state index contributed by atoms with van der Waals surface area (Å²) in [7, 11) is 0. The van der Waals surface area contributed by atoms with E-state index in [-0.39, 0.29) is 0 Å². The Hall–Kier alpha value is -0.620. The van der Waals surface area contributed by atoms with Crippen LogP contribution >= 0.6 is 34.7 Å². The minimum atomic E-state index is -0.513. The van der Waals surface area contributed by atoms with Crippen LogP contribution < -0.4 is 0 Å². The summed E-state index contributed by atoms with van der Waals surface area (Å²) in [6, 6.07) is 7.22. The molecule has 3 nitrogen and oxygen atoms in total. The Morgan fingerprint density at radius 3 is 2.65 bits per heavy atom. The van der Waals surface area contributed by atoms with Gasteiger partial charge in [-0.2, -0.15) is 0 Å². The van der Waals surface area contributed by atoms with Crippen molar-refractivity contribution in [3.63, 3.8) is 0 Å². The van der Waals surface area contributed by atoms with E-state index in [2.05, 4.69) is 10.2 Å². The van der Waals surface area contributed by atoms with Gasteiger partial charge in [-0.15, -0.1) is 10.2 Å². The van der Waals surface area contributed by atoms with Crippen LogP contribution in [0, 0.1) is 6.92 Å². The molecule has 90 valence electrons. The molecule has 0 aliphatic rings. The van der Waals surface area contributed by atoms with E-state index in [1.807, 2.05) is 19.1 Å². The number of thioether (sulfide) groups is 1. The Kier molecular flexibility index (Phi) is 4.39. The zero-order valence-corrected chi connectivity index (χ0v) is 11.5. The molecule has 0 radical (unpaired) electrons. The van der Waals surface area contributed by atoms with Gasteiger partial charge in [0.1, 0.15) is 5.01 Å². The molecule has 0 bridgehead atoms. The summed E-state index contributed by atoms with van der Waals surface area (Å²) in [6.45, 7) is 1.91. The van der Waals surface area contributed by atoms with Crippen LogP contribution in [0.1, 0.15) is 16.7 Å². The quantitative estimate of drug-likeness (QED) is 0.876. The smallest absolute Gasteiger partial charge is 0.174 e. The molecule has 0 unspecified atom stereocenters. The highest BCUT2D eigenvalue weighted by molar-refractivity contribution is 8.01. The lowest BCUT2D eigenvalue weighted by Crippen LogP contribution is -1.99. The fraction of sp³-hybridized carbons (Fsp3) is 0.273. The third-order valence-electron chi connectivity index (χ3n) is 2.13. The van der Waals surface area contributed by atoms with Crippen molar-refractivity contribution in [2.24, 2.45) is 0 Å². The predicted octanol–water partition coefficient (Wildman–Crippen LogP) is 3.33. The first-order chi connectivity index (χ1) is 8.15. The number of hydrogen-bond acceptors (Lipinski definition) is 5. The SMILES string of the molecule is Cc1nnc(SC[C@@H](O)c2ccc(Cl)cc2)s1. The van der Waals surface area contributed by atoms with Gasteiger partial charge in [-0.25, -0.2) is 0 Å². The molecular weight excluding hydrogens is 276 g/mol. The number of halogens is 1. The standard InChI is InChI=1S/C11H11ClN2OS2/c1-7-13-14-11(17-7)16-6-10(15)8-2-4-9(12)5-3-8/h2-5,10,15H,6H2,1H3/t10-/m1/s1. The van der Waals surface area contributed by atoms with E-state index in [0.717, 1.165) is 14.9 Å². The third kappa shape index (κ3) is 3.67. The Labute approximate surface area is 113 Å². The molecule has 6 heteroatoms. The van der Waals surface area contributed by atoms with Gasteiger partial charge in [-0.1, -0.05) is 46.8 Å². The molecule has 0 saturated heterocycles. The Bertz CT molecular complexity index is 486. The minimum absolute atomic E-state index is 0.513. The molecule has 1 N–H and O–H groups in total. The lowest BCUT2D eigenvalue weighted by Gasteiger charge is -2.09. The van der Waals surface area contributed by atoms with Crippen molar-refractivity contribution in [2.75, 3.05) is 5.75 Å². The monoisotopic (exact) mass is 286 g/mol. The fourth-order valence-electron chi connectivity index (χ4n) is 1.27. The van der Waals surface area contributed by atoms with Gasteiger partial charge in [-0.05, 0) is 24.6 Å². The zero-order valence-electron chi connectivity index (χ0n) is 9.13. The van der Waals surface area contributed by atoms with Gasteiger partial charge in [0.15, 0.2) is 4.34 Å². The van der Waals surface area contributed by atoms with Crippen LogP contribution in [0.5, 0.6) is 0 Å². The number of benzene rings is 1. The van der Waals surface area contributed by atoms with Crippen LogP contribution in [-0.2, 0) is 0 Å². The second-order valence-corrected chi connectivity index (χ2v) is 6.35. The lowest BCUT2D eigenvalue weighted by atomic mass is 10.1. The number of aliphatic hydroxyl groups is 1. The van der Waals surface area contributed by atoms with Crippen molar-refractivity contribution >= 4 is 34.7 Å². The number of nitrogens with zero attached hydrogens (tertiary/aromatic N) is 2. The molecule has 1 atom stereocenters. The molecule has 0 aliphatic heterocycles. The summed E-state index contributed by atoms with van der Waals surface area (Å²) in [5.41, 5.74) is 0.864. The summed E-state index contributed by atoms with van der Waals surface area (Å²) in [4.78, 5) is 0. The molecule has 0 amide bonds. The second-order valence-electron chi connectivity index (χ2n) is 3.47. The van der Waals surface area contributed by atoms with E-state index < -0.39 is 6.10 Å². The Balaban J connectivity index is 1.93. The molecule has 0 fully saturated rings. The van der Waals surface area contributed by atoms with Crippen LogP contribution in [0.4, 0.5) is 0 Å². The number of aliphatic hydroxyl groups excluding tert-OH is 1. The minimum Gasteiger partial charge on any atom is -0.388 e. The van der Waals surface area contributed by atoms with Gasteiger partial charge in [0.05, 0.1) is 6.10 Å². The molecule has 2 aromatic rings. The topological polar surface area (TPSA) is 46.0 Å². The predicted molar refractivity (Wildman–Crippen MR) is 71.8 cm³/mol. The number of aryl methyl sites for hydroxylation is 1. The van der Waals surface area contributed by atoms with E-state index >= 15 is 0 Å². The normalized spacial score (nSPS) is 12.6. The van der Waals surface area contributed by atoms with Crippen molar-refractivity contribution in [1.29, 1.82) is 0 Å². The summed E-state index contributed by atoms with van der Waals surface area (Å²) in [5, 5.41) is 19.5. The first-order valence-electron chi connectivity index (χ1n) is 5.01. The molecule has 0 saturated carbocycles. The van der Waals surface area contributed by atoms with Crippen molar-refractivity contribution in [1.82, 2.24) is 10.2 Å². The maximum Gasteiger partial charge on any atom is 0.174 e. The molecule has 0 spiro atoms. The summed E-state index contributed by atoms with van der Waals surface area (Å²) >= 11 is 8.83. The van der Waals surface area contributed by atoms with Crippen molar-refractivity contribution in [3.05, 3.63) is 39.9 Å². The highest BCUT2D eigenvalue weighted by Gasteiger charge is 2.10. The van der Waals surface area contributed by atoms with Crippen LogP contribution in [0.2, 0.25) is 5.02 Å². The highest BCUT2D eigenvalue weighted by atomic mass is 35.5. The first-order valence-corrected chi connectivity index (χ1v) is 7.19. The van der Waals surface area contributed by atoms with E-state index in [1.54, 1.807) is 12.1 Å².